The molecule has 0 radical (unpaired) electrons. The highest BCUT2D eigenvalue weighted by molar-refractivity contribution is 5.96. The fourth-order valence-corrected chi connectivity index (χ4v) is 3.72. The minimum absolute atomic E-state index is 0.174. The lowest BCUT2D eigenvalue weighted by Crippen LogP contribution is -2.41. The number of hydrogen-bond acceptors (Lipinski definition) is 3. The van der Waals surface area contributed by atoms with Gasteiger partial charge in [-0.2, -0.15) is 0 Å². The molecule has 1 aromatic carbocycles. The number of benzene rings is 1. The fraction of sp³-hybridized carbons (Fsp3) is 0.667. The molecule has 0 bridgehead atoms. The molecule has 0 atom stereocenters. The Morgan fingerprint density at radius 2 is 1.71 bits per heavy atom. The van der Waals surface area contributed by atoms with E-state index in [0.717, 1.165) is 44.3 Å². The van der Waals surface area contributed by atoms with Crippen LogP contribution >= 0.6 is 0 Å². The SMILES string of the molecule is CCCC(=O)c1ccc(CCCCC2CCN(C(=O)OC(C)(C)C)CC2)cc1. The van der Waals surface area contributed by atoms with Crippen molar-refractivity contribution in [1.82, 2.24) is 4.90 Å². The molecule has 1 heterocycles. The summed E-state index contributed by atoms with van der Waals surface area (Å²) in [5, 5.41) is 0. The summed E-state index contributed by atoms with van der Waals surface area (Å²) >= 11 is 0. The molecule has 4 nitrogen and oxygen atoms in total. The highest BCUT2D eigenvalue weighted by Crippen LogP contribution is 2.24. The van der Waals surface area contributed by atoms with E-state index in [1.807, 2.05) is 44.7 Å². The number of amides is 1. The second-order valence-electron chi connectivity index (χ2n) is 9.03. The number of carbonyl (C=O) groups excluding carboxylic acids is 2. The molecule has 0 aliphatic carbocycles. The molecular formula is C24H37NO3. The number of carbonyl (C=O) groups is 2. The van der Waals surface area contributed by atoms with Crippen LogP contribution in [0, 0.1) is 5.92 Å². The van der Waals surface area contributed by atoms with E-state index in [-0.39, 0.29) is 11.9 Å². The third kappa shape index (κ3) is 7.65. The summed E-state index contributed by atoms with van der Waals surface area (Å²) in [6.45, 7) is 9.39. The van der Waals surface area contributed by atoms with E-state index in [2.05, 4.69) is 12.1 Å². The van der Waals surface area contributed by atoms with Crippen LogP contribution in [0.25, 0.3) is 0 Å². The zero-order valence-electron chi connectivity index (χ0n) is 18.1. The number of hydrogen-bond donors (Lipinski definition) is 0. The minimum atomic E-state index is -0.421. The van der Waals surface area contributed by atoms with Gasteiger partial charge in [-0.3, -0.25) is 4.79 Å². The third-order valence-electron chi connectivity index (χ3n) is 5.35. The Labute approximate surface area is 170 Å². The van der Waals surface area contributed by atoms with E-state index in [1.165, 1.54) is 24.8 Å². The van der Waals surface area contributed by atoms with Crippen molar-refractivity contribution in [3.05, 3.63) is 35.4 Å². The lowest BCUT2D eigenvalue weighted by molar-refractivity contribution is 0.0180. The Balaban J connectivity index is 1.63. The van der Waals surface area contributed by atoms with Crippen molar-refractivity contribution >= 4 is 11.9 Å². The Hall–Kier alpha value is -1.84. The van der Waals surface area contributed by atoms with Crippen molar-refractivity contribution in [2.75, 3.05) is 13.1 Å². The van der Waals surface area contributed by atoms with Gasteiger partial charge in [-0.1, -0.05) is 44.0 Å². The summed E-state index contributed by atoms with van der Waals surface area (Å²) in [6, 6.07) is 8.14. The van der Waals surface area contributed by atoms with Crippen molar-refractivity contribution in [2.45, 2.75) is 84.7 Å². The maximum Gasteiger partial charge on any atom is 0.410 e. The summed E-state index contributed by atoms with van der Waals surface area (Å²) < 4.78 is 5.46. The van der Waals surface area contributed by atoms with Crippen molar-refractivity contribution < 1.29 is 14.3 Å². The first kappa shape index (κ1) is 22.4. The first-order chi connectivity index (χ1) is 13.3. The van der Waals surface area contributed by atoms with Crippen molar-refractivity contribution in [1.29, 1.82) is 0 Å². The van der Waals surface area contributed by atoms with Gasteiger partial charge in [0.25, 0.3) is 0 Å². The molecule has 2 rings (SSSR count). The largest absolute Gasteiger partial charge is 0.444 e. The fourth-order valence-electron chi connectivity index (χ4n) is 3.72. The van der Waals surface area contributed by atoms with Gasteiger partial charge in [0, 0.05) is 25.1 Å². The number of aryl methyl sites for hydroxylation is 1. The summed E-state index contributed by atoms with van der Waals surface area (Å²) in [4.78, 5) is 25.9. The number of piperidine rings is 1. The molecule has 28 heavy (non-hydrogen) atoms. The smallest absolute Gasteiger partial charge is 0.410 e. The van der Waals surface area contributed by atoms with Gasteiger partial charge in [0.05, 0.1) is 0 Å². The van der Waals surface area contributed by atoms with Crippen LogP contribution in [0.15, 0.2) is 24.3 Å². The van der Waals surface area contributed by atoms with Gasteiger partial charge >= 0.3 is 6.09 Å². The third-order valence-corrected chi connectivity index (χ3v) is 5.35. The number of likely N-dealkylation sites (tertiary alicyclic amines) is 1. The molecule has 1 aliphatic heterocycles. The number of rotatable bonds is 8. The van der Waals surface area contributed by atoms with Crippen LogP contribution in [0.5, 0.6) is 0 Å². The predicted octanol–water partition coefficient (Wildman–Crippen LogP) is 6.03. The molecule has 0 N–H and O–H groups in total. The first-order valence-corrected chi connectivity index (χ1v) is 10.9. The summed E-state index contributed by atoms with van der Waals surface area (Å²) in [7, 11) is 0. The molecule has 0 unspecified atom stereocenters. The topological polar surface area (TPSA) is 46.6 Å². The van der Waals surface area contributed by atoms with E-state index in [4.69, 9.17) is 4.74 Å². The molecule has 1 fully saturated rings. The maximum absolute atomic E-state index is 12.1. The van der Waals surface area contributed by atoms with E-state index < -0.39 is 5.60 Å². The van der Waals surface area contributed by atoms with Crippen LogP contribution in [0.1, 0.15) is 88.6 Å². The lowest BCUT2D eigenvalue weighted by Gasteiger charge is -2.33. The quantitative estimate of drug-likeness (QED) is 0.404. The van der Waals surface area contributed by atoms with E-state index in [1.54, 1.807) is 0 Å². The Kier molecular flexibility index (Phi) is 8.53. The standard InChI is InChI=1S/C24H37NO3/c1-5-8-22(26)21-13-11-19(12-14-21)9-6-7-10-20-15-17-25(18-16-20)23(27)28-24(2,3)4/h11-14,20H,5-10,15-18H2,1-4H3. The van der Waals surface area contributed by atoms with Crippen molar-refractivity contribution in [2.24, 2.45) is 5.92 Å². The number of ketones is 1. The van der Waals surface area contributed by atoms with Crippen LogP contribution < -0.4 is 0 Å². The highest BCUT2D eigenvalue weighted by Gasteiger charge is 2.26. The second-order valence-corrected chi connectivity index (χ2v) is 9.03. The number of ether oxygens (including phenoxy) is 1. The first-order valence-electron chi connectivity index (χ1n) is 10.9. The van der Waals surface area contributed by atoms with Crippen LogP contribution in [-0.4, -0.2) is 35.5 Å². The Bertz CT molecular complexity index is 622. The molecule has 1 amide bonds. The normalized spacial score (nSPS) is 15.5. The number of unbranched alkanes of at least 4 members (excludes halogenated alkanes) is 1. The van der Waals surface area contributed by atoms with Crippen LogP contribution in [0.4, 0.5) is 4.79 Å². The summed E-state index contributed by atoms with van der Waals surface area (Å²) in [5.41, 5.74) is 1.73. The van der Waals surface area contributed by atoms with Crippen LogP contribution in [0.2, 0.25) is 0 Å². The van der Waals surface area contributed by atoms with E-state index in [9.17, 15) is 9.59 Å². The average molecular weight is 388 g/mol. The Morgan fingerprint density at radius 3 is 2.29 bits per heavy atom. The van der Waals surface area contributed by atoms with Gasteiger partial charge in [0.15, 0.2) is 5.78 Å². The highest BCUT2D eigenvalue weighted by atomic mass is 16.6. The van der Waals surface area contributed by atoms with Gasteiger partial charge in [0.2, 0.25) is 0 Å². The second kappa shape index (κ2) is 10.6. The van der Waals surface area contributed by atoms with Gasteiger partial charge in [-0.05, 0) is 64.4 Å². The van der Waals surface area contributed by atoms with Crippen molar-refractivity contribution in [3.8, 4) is 0 Å². The number of nitrogens with zero attached hydrogens (tertiary/aromatic N) is 1. The molecule has 1 aromatic rings. The van der Waals surface area contributed by atoms with Gasteiger partial charge in [0.1, 0.15) is 5.60 Å². The Morgan fingerprint density at radius 1 is 1.07 bits per heavy atom. The van der Waals surface area contributed by atoms with E-state index in [0.29, 0.717) is 12.3 Å². The molecule has 0 spiro atoms. The lowest BCUT2D eigenvalue weighted by atomic mass is 9.91. The molecule has 156 valence electrons. The summed E-state index contributed by atoms with van der Waals surface area (Å²) in [6.07, 6.45) is 8.20. The van der Waals surface area contributed by atoms with Crippen LogP contribution in [-0.2, 0) is 11.2 Å². The molecule has 0 saturated carbocycles. The maximum atomic E-state index is 12.1. The molecule has 4 heteroatoms. The monoisotopic (exact) mass is 387 g/mol. The van der Waals surface area contributed by atoms with Gasteiger partial charge < -0.3 is 9.64 Å². The molecule has 0 aromatic heterocycles. The average Bonchev–Trinajstić information content (AvgIpc) is 2.65. The molecular weight excluding hydrogens is 350 g/mol. The van der Waals surface area contributed by atoms with Crippen LogP contribution in [0.3, 0.4) is 0 Å². The molecule has 1 aliphatic rings. The summed E-state index contributed by atoms with van der Waals surface area (Å²) in [5.74, 6) is 0.958. The van der Waals surface area contributed by atoms with E-state index >= 15 is 0 Å². The molecule has 1 saturated heterocycles. The van der Waals surface area contributed by atoms with Gasteiger partial charge in [-0.25, -0.2) is 4.79 Å². The number of Topliss-reactive ketones (excluding diaryl/α,β-unsaturated/α-hetero) is 1. The predicted molar refractivity (Wildman–Crippen MR) is 114 cm³/mol. The van der Waals surface area contributed by atoms with Crippen molar-refractivity contribution in [3.63, 3.8) is 0 Å². The zero-order chi connectivity index (χ0) is 20.6. The minimum Gasteiger partial charge on any atom is -0.444 e. The van der Waals surface area contributed by atoms with Gasteiger partial charge in [-0.15, -0.1) is 0 Å². The zero-order valence-corrected chi connectivity index (χ0v) is 18.1.